The van der Waals surface area contributed by atoms with Crippen molar-refractivity contribution >= 4 is 5.91 Å². The average molecular weight is 251 g/mol. The van der Waals surface area contributed by atoms with Crippen molar-refractivity contribution in [3.05, 3.63) is 18.0 Å². The molecule has 0 radical (unpaired) electrons. The first-order valence-electron chi connectivity index (χ1n) is 6.22. The lowest BCUT2D eigenvalue weighted by Gasteiger charge is -2.38. The number of carbonyl (C=O) groups excluding carboxylic acids is 1. The minimum absolute atomic E-state index is 0.0112. The summed E-state index contributed by atoms with van der Waals surface area (Å²) in [5.41, 5.74) is 6.78. The summed E-state index contributed by atoms with van der Waals surface area (Å²) in [5, 5.41) is 4.05. The fourth-order valence-corrected chi connectivity index (χ4v) is 2.19. The van der Waals surface area contributed by atoms with Gasteiger partial charge in [0.25, 0.3) is 0 Å². The Morgan fingerprint density at radius 2 is 2.22 bits per heavy atom. The predicted molar refractivity (Wildman–Crippen MR) is 68.8 cm³/mol. The molecule has 2 N–H and O–H groups in total. The van der Waals surface area contributed by atoms with Crippen LogP contribution in [0.1, 0.15) is 18.5 Å². The van der Waals surface area contributed by atoms with Crippen LogP contribution in [0.25, 0.3) is 0 Å². The van der Waals surface area contributed by atoms with Gasteiger partial charge in [-0.05, 0) is 14.0 Å². The molecule has 2 atom stereocenters. The maximum absolute atomic E-state index is 12.3. The standard InChI is InChI=1S/C12H21N5O/c1-9-7-17(5-4-15(9)2)12(18)11(13)10-6-14-16(3)8-10/h6,8-9,11H,4-5,7,13H2,1-3H3. The van der Waals surface area contributed by atoms with Gasteiger partial charge in [0.1, 0.15) is 6.04 Å². The Labute approximate surface area is 107 Å². The van der Waals surface area contributed by atoms with E-state index >= 15 is 0 Å². The summed E-state index contributed by atoms with van der Waals surface area (Å²) in [6, 6.07) is -0.224. The Morgan fingerprint density at radius 1 is 1.50 bits per heavy atom. The summed E-state index contributed by atoms with van der Waals surface area (Å²) in [7, 11) is 3.89. The van der Waals surface area contributed by atoms with Crippen molar-refractivity contribution in [2.75, 3.05) is 26.7 Å². The number of hydrogen-bond donors (Lipinski definition) is 1. The van der Waals surface area contributed by atoms with E-state index in [1.807, 2.05) is 11.9 Å². The summed E-state index contributed by atoms with van der Waals surface area (Å²) >= 11 is 0. The van der Waals surface area contributed by atoms with Gasteiger partial charge in [-0.25, -0.2) is 0 Å². The summed E-state index contributed by atoms with van der Waals surface area (Å²) in [5.74, 6) is -0.0112. The highest BCUT2D eigenvalue weighted by molar-refractivity contribution is 5.83. The van der Waals surface area contributed by atoms with Gasteiger partial charge in [-0.3, -0.25) is 9.48 Å². The quantitative estimate of drug-likeness (QED) is 0.775. The van der Waals surface area contributed by atoms with Gasteiger partial charge in [-0.1, -0.05) is 0 Å². The van der Waals surface area contributed by atoms with Crippen molar-refractivity contribution < 1.29 is 4.79 Å². The summed E-state index contributed by atoms with van der Waals surface area (Å²) < 4.78 is 1.66. The minimum Gasteiger partial charge on any atom is -0.338 e. The van der Waals surface area contributed by atoms with E-state index in [0.717, 1.165) is 25.2 Å². The average Bonchev–Trinajstić information content (AvgIpc) is 2.77. The van der Waals surface area contributed by atoms with Crippen molar-refractivity contribution in [1.29, 1.82) is 0 Å². The van der Waals surface area contributed by atoms with Crippen LogP contribution < -0.4 is 5.73 Å². The molecular formula is C12H21N5O. The van der Waals surface area contributed by atoms with Gasteiger partial charge in [-0.15, -0.1) is 0 Å². The Hall–Kier alpha value is -1.40. The second-order valence-electron chi connectivity index (χ2n) is 5.04. The summed E-state index contributed by atoms with van der Waals surface area (Å²) in [6.45, 7) is 4.50. The number of hydrogen-bond acceptors (Lipinski definition) is 4. The third kappa shape index (κ3) is 2.54. The molecule has 2 unspecified atom stereocenters. The lowest BCUT2D eigenvalue weighted by molar-refractivity contribution is -0.135. The third-order valence-electron chi connectivity index (χ3n) is 3.62. The monoisotopic (exact) mass is 251 g/mol. The zero-order valence-electron chi connectivity index (χ0n) is 11.2. The van der Waals surface area contributed by atoms with Crippen molar-refractivity contribution in [2.45, 2.75) is 19.0 Å². The minimum atomic E-state index is -0.602. The van der Waals surface area contributed by atoms with E-state index in [1.165, 1.54) is 0 Å². The molecule has 1 amide bonds. The van der Waals surface area contributed by atoms with Crippen LogP contribution in [0, 0.1) is 0 Å². The number of nitrogens with two attached hydrogens (primary N) is 1. The lowest BCUT2D eigenvalue weighted by Crippen LogP contribution is -2.53. The van der Waals surface area contributed by atoms with Gasteiger partial charge in [0.2, 0.25) is 5.91 Å². The molecule has 100 valence electrons. The second-order valence-corrected chi connectivity index (χ2v) is 5.04. The topological polar surface area (TPSA) is 67.4 Å². The van der Waals surface area contributed by atoms with Gasteiger partial charge >= 0.3 is 0 Å². The van der Waals surface area contributed by atoms with Gasteiger partial charge in [0, 0.05) is 44.5 Å². The number of likely N-dealkylation sites (N-methyl/N-ethyl adjacent to an activating group) is 1. The van der Waals surface area contributed by atoms with E-state index in [-0.39, 0.29) is 5.91 Å². The van der Waals surface area contributed by atoms with Crippen LogP contribution in [0.4, 0.5) is 0 Å². The molecule has 0 saturated carbocycles. The molecule has 0 aromatic carbocycles. The smallest absolute Gasteiger partial charge is 0.244 e. The molecule has 0 spiro atoms. The van der Waals surface area contributed by atoms with Gasteiger partial charge in [0.15, 0.2) is 0 Å². The lowest BCUT2D eigenvalue weighted by atomic mass is 10.1. The number of aryl methyl sites for hydroxylation is 1. The van der Waals surface area contributed by atoms with Gasteiger partial charge < -0.3 is 15.5 Å². The highest BCUT2D eigenvalue weighted by atomic mass is 16.2. The normalized spacial score (nSPS) is 23.1. The van der Waals surface area contributed by atoms with E-state index in [1.54, 1.807) is 17.1 Å². The highest BCUT2D eigenvalue weighted by Crippen LogP contribution is 2.15. The molecule has 0 aliphatic carbocycles. The van der Waals surface area contributed by atoms with Crippen LogP contribution in [0.15, 0.2) is 12.4 Å². The van der Waals surface area contributed by atoms with Crippen LogP contribution in [0.5, 0.6) is 0 Å². The second kappa shape index (κ2) is 5.07. The Bertz CT molecular complexity index is 430. The molecule has 1 aromatic heterocycles. The van der Waals surface area contributed by atoms with Crippen LogP contribution in [0.3, 0.4) is 0 Å². The predicted octanol–water partition coefficient (Wildman–Crippen LogP) is -0.418. The zero-order valence-corrected chi connectivity index (χ0v) is 11.2. The van der Waals surface area contributed by atoms with E-state index < -0.39 is 6.04 Å². The maximum atomic E-state index is 12.3. The molecule has 1 aliphatic heterocycles. The third-order valence-corrected chi connectivity index (χ3v) is 3.62. The Kier molecular flexibility index (Phi) is 3.68. The van der Waals surface area contributed by atoms with E-state index in [0.29, 0.717) is 6.04 Å². The fourth-order valence-electron chi connectivity index (χ4n) is 2.19. The zero-order chi connectivity index (χ0) is 13.3. The Balaban J connectivity index is 2.03. The van der Waals surface area contributed by atoms with Crippen molar-refractivity contribution in [1.82, 2.24) is 19.6 Å². The highest BCUT2D eigenvalue weighted by Gasteiger charge is 2.28. The molecule has 6 heteroatoms. The van der Waals surface area contributed by atoms with E-state index in [4.69, 9.17) is 5.73 Å². The van der Waals surface area contributed by atoms with E-state index in [9.17, 15) is 4.79 Å². The molecule has 1 aromatic rings. The van der Waals surface area contributed by atoms with Crippen LogP contribution in [-0.4, -0.2) is 58.2 Å². The maximum Gasteiger partial charge on any atom is 0.244 e. The number of rotatable bonds is 2. The molecule has 1 saturated heterocycles. The van der Waals surface area contributed by atoms with Crippen molar-refractivity contribution in [2.24, 2.45) is 12.8 Å². The number of piperazine rings is 1. The van der Waals surface area contributed by atoms with Crippen LogP contribution in [0.2, 0.25) is 0 Å². The molecule has 0 bridgehead atoms. The number of amides is 1. The number of aromatic nitrogens is 2. The molecule has 1 fully saturated rings. The van der Waals surface area contributed by atoms with Crippen LogP contribution in [-0.2, 0) is 11.8 Å². The van der Waals surface area contributed by atoms with Crippen LogP contribution >= 0.6 is 0 Å². The first-order valence-corrected chi connectivity index (χ1v) is 6.22. The number of nitrogens with zero attached hydrogens (tertiary/aromatic N) is 4. The Morgan fingerprint density at radius 3 is 2.78 bits per heavy atom. The van der Waals surface area contributed by atoms with Crippen molar-refractivity contribution in [3.8, 4) is 0 Å². The van der Waals surface area contributed by atoms with Gasteiger partial charge in [0.05, 0.1) is 6.20 Å². The first kappa shape index (κ1) is 13.0. The largest absolute Gasteiger partial charge is 0.338 e. The molecule has 2 heterocycles. The summed E-state index contributed by atoms with van der Waals surface area (Å²) in [4.78, 5) is 16.4. The molecular weight excluding hydrogens is 230 g/mol. The van der Waals surface area contributed by atoms with E-state index in [2.05, 4.69) is 24.0 Å². The molecule has 18 heavy (non-hydrogen) atoms. The molecule has 6 nitrogen and oxygen atoms in total. The number of carbonyl (C=O) groups is 1. The van der Waals surface area contributed by atoms with Crippen molar-refractivity contribution in [3.63, 3.8) is 0 Å². The van der Waals surface area contributed by atoms with Gasteiger partial charge in [-0.2, -0.15) is 5.10 Å². The molecule has 2 rings (SSSR count). The summed E-state index contributed by atoms with van der Waals surface area (Å²) in [6.07, 6.45) is 3.45. The first-order chi connectivity index (χ1) is 8.49. The SMILES string of the molecule is CC1CN(C(=O)C(N)c2cnn(C)c2)CCN1C. The molecule has 1 aliphatic rings. The fraction of sp³-hybridized carbons (Fsp3) is 0.667.